The van der Waals surface area contributed by atoms with Crippen molar-refractivity contribution in [2.75, 3.05) is 32.8 Å². The fourth-order valence-corrected chi connectivity index (χ4v) is 2.31. The van der Waals surface area contributed by atoms with Gasteiger partial charge in [0.05, 0.1) is 13.0 Å². The van der Waals surface area contributed by atoms with Crippen molar-refractivity contribution in [1.82, 2.24) is 10.2 Å². The molecule has 1 aromatic rings. The van der Waals surface area contributed by atoms with Crippen LogP contribution in [0.25, 0.3) is 0 Å². The second-order valence-electron chi connectivity index (χ2n) is 5.33. The van der Waals surface area contributed by atoms with Crippen LogP contribution in [0, 0.1) is 13.8 Å². The van der Waals surface area contributed by atoms with Crippen LogP contribution >= 0.6 is 0 Å². The van der Waals surface area contributed by atoms with Gasteiger partial charge in [0.25, 0.3) is 0 Å². The average Bonchev–Trinajstić information content (AvgIpc) is 2.71. The molecule has 0 saturated carbocycles. The molecule has 0 radical (unpaired) electrons. The molecule has 0 unspecified atom stereocenters. The quantitative estimate of drug-likeness (QED) is 0.913. The minimum Gasteiger partial charge on any atom is -0.493 e. The van der Waals surface area contributed by atoms with Gasteiger partial charge in [-0.2, -0.15) is 0 Å². The van der Waals surface area contributed by atoms with Crippen molar-refractivity contribution in [3.8, 4) is 5.75 Å². The Morgan fingerprint density at radius 1 is 1.25 bits per heavy atom. The molecule has 0 aliphatic carbocycles. The fourth-order valence-electron chi connectivity index (χ4n) is 2.31. The highest BCUT2D eigenvalue weighted by atomic mass is 16.5. The van der Waals surface area contributed by atoms with Crippen molar-refractivity contribution < 1.29 is 9.53 Å². The van der Waals surface area contributed by atoms with Gasteiger partial charge >= 0.3 is 0 Å². The summed E-state index contributed by atoms with van der Waals surface area (Å²) in [5.41, 5.74) is 2.47. The van der Waals surface area contributed by atoms with Crippen molar-refractivity contribution >= 4 is 5.91 Å². The number of nitrogens with one attached hydrogen (secondary N) is 1. The van der Waals surface area contributed by atoms with Crippen molar-refractivity contribution in [1.29, 1.82) is 0 Å². The van der Waals surface area contributed by atoms with Crippen LogP contribution in [-0.4, -0.2) is 43.6 Å². The van der Waals surface area contributed by atoms with E-state index < -0.39 is 0 Å². The summed E-state index contributed by atoms with van der Waals surface area (Å²) in [6.45, 7) is 8.16. The van der Waals surface area contributed by atoms with Crippen LogP contribution in [-0.2, 0) is 4.79 Å². The zero-order valence-corrected chi connectivity index (χ0v) is 12.4. The van der Waals surface area contributed by atoms with Crippen LogP contribution in [0.4, 0.5) is 0 Å². The lowest BCUT2D eigenvalue weighted by atomic mass is 10.1. The minimum atomic E-state index is 0.192. The lowest BCUT2D eigenvalue weighted by Crippen LogP contribution is -2.34. The molecule has 1 aliphatic rings. The highest BCUT2D eigenvalue weighted by molar-refractivity contribution is 5.76. The number of carbonyl (C=O) groups excluding carboxylic acids is 1. The molecule has 0 atom stereocenters. The van der Waals surface area contributed by atoms with E-state index in [1.807, 2.05) is 23.1 Å². The summed E-state index contributed by atoms with van der Waals surface area (Å²) in [5, 5.41) is 3.30. The Labute approximate surface area is 121 Å². The first kappa shape index (κ1) is 14.9. The molecule has 110 valence electrons. The zero-order valence-electron chi connectivity index (χ0n) is 12.4. The minimum absolute atomic E-state index is 0.192. The summed E-state index contributed by atoms with van der Waals surface area (Å²) in [6, 6.07) is 6.03. The van der Waals surface area contributed by atoms with Crippen LogP contribution in [0.2, 0.25) is 0 Å². The summed E-state index contributed by atoms with van der Waals surface area (Å²) >= 11 is 0. The summed E-state index contributed by atoms with van der Waals surface area (Å²) < 4.78 is 5.67. The third-order valence-corrected chi connectivity index (χ3v) is 3.76. The third-order valence-electron chi connectivity index (χ3n) is 3.76. The monoisotopic (exact) mass is 276 g/mol. The van der Waals surface area contributed by atoms with E-state index in [2.05, 4.69) is 19.2 Å². The van der Waals surface area contributed by atoms with Gasteiger partial charge in [-0.25, -0.2) is 0 Å². The lowest BCUT2D eigenvalue weighted by Gasteiger charge is -2.20. The summed E-state index contributed by atoms with van der Waals surface area (Å²) in [5.74, 6) is 1.04. The Kier molecular flexibility index (Phi) is 5.41. The second kappa shape index (κ2) is 7.29. The van der Waals surface area contributed by atoms with Crippen molar-refractivity contribution in [2.24, 2.45) is 0 Å². The van der Waals surface area contributed by atoms with E-state index >= 15 is 0 Å². The molecule has 1 fully saturated rings. The molecular formula is C16H24N2O2. The SMILES string of the molecule is Cc1ccc(OCCC(=O)N2CCCNCC2)cc1C. The topological polar surface area (TPSA) is 41.6 Å². The summed E-state index contributed by atoms with van der Waals surface area (Å²) in [7, 11) is 0. The van der Waals surface area contributed by atoms with Gasteiger partial charge in [-0.3, -0.25) is 4.79 Å². The van der Waals surface area contributed by atoms with Crippen LogP contribution < -0.4 is 10.1 Å². The van der Waals surface area contributed by atoms with Crippen LogP contribution in [0.5, 0.6) is 5.75 Å². The van der Waals surface area contributed by atoms with Crippen LogP contribution in [0.15, 0.2) is 18.2 Å². The molecule has 1 saturated heterocycles. The van der Waals surface area contributed by atoms with Gasteiger partial charge in [-0.1, -0.05) is 6.07 Å². The number of hydrogen-bond acceptors (Lipinski definition) is 3. The molecule has 1 N–H and O–H groups in total. The maximum atomic E-state index is 12.1. The zero-order chi connectivity index (χ0) is 14.4. The highest BCUT2D eigenvalue weighted by Crippen LogP contribution is 2.16. The first-order valence-corrected chi connectivity index (χ1v) is 7.35. The van der Waals surface area contributed by atoms with E-state index in [1.54, 1.807) is 0 Å². The Morgan fingerprint density at radius 3 is 2.90 bits per heavy atom. The maximum Gasteiger partial charge on any atom is 0.226 e. The Morgan fingerprint density at radius 2 is 2.10 bits per heavy atom. The number of amides is 1. The molecule has 4 heteroatoms. The largest absolute Gasteiger partial charge is 0.493 e. The van der Waals surface area contributed by atoms with Crippen molar-refractivity contribution in [3.05, 3.63) is 29.3 Å². The molecule has 1 aliphatic heterocycles. The number of hydrogen-bond donors (Lipinski definition) is 1. The highest BCUT2D eigenvalue weighted by Gasteiger charge is 2.14. The van der Waals surface area contributed by atoms with Gasteiger partial charge in [0.15, 0.2) is 0 Å². The van der Waals surface area contributed by atoms with E-state index in [4.69, 9.17) is 4.74 Å². The summed E-state index contributed by atoms with van der Waals surface area (Å²) in [6.07, 6.45) is 1.48. The van der Waals surface area contributed by atoms with E-state index in [-0.39, 0.29) is 5.91 Å². The first-order chi connectivity index (χ1) is 9.66. The van der Waals surface area contributed by atoms with Gasteiger partial charge in [-0.05, 0) is 50.1 Å². The fraction of sp³-hybridized carbons (Fsp3) is 0.562. The van der Waals surface area contributed by atoms with E-state index in [0.29, 0.717) is 13.0 Å². The average molecular weight is 276 g/mol. The number of benzene rings is 1. The van der Waals surface area contributed by atoms with E-state index in [0.717, 1.165) is 38.3 Å². The van der Waals surface area contributed by atoms with E-state index in [1.165, 1.54) is 11.1 Å². The molecule has 20 heavy (non-hydrogen) atoms. The van der Waals surface area contributed by atoms with Gasteiger partial charge in [0.1, 0.15) is 5.75 Å². The molecule has 0 aromatic heterocycles. The van der Waals surface area contributed by atoms with Crippen molar-refractivity contribution in [3.63, 3.8) is 0 Å². The molecule has 1 heterocycles. The molecule has 1 amide bonds. The predicted molar refractivity (Wildman–Crippen MR) is 80.1 cm³/mol. The molecule has 4 nitrogen and oxygen atoms in total. The summed E-state index contributed by atoms with van der Waals surface area (Å²) in [4.78, 5) is 14.0. The van der Waals surface area contributed by atoms with Gasteiger partial charge in [0.2, 0.25) is 5.91 Å². The van der Waals surface area contributed by atoms with Crippen LogP contribution in [0.3, 0.4) is 0 Å². The molecular weight excluding hydrogens is 252 g/mol. The Hall–Kier alpha value is -1.55. The van der Waals surface area contributed by atoms with Crippen molar-refractivity contribution in [2.45, 2.75) is 26.7 Å². The van der Waals surface area contributed by atoms with Crippen LogP contribution in [0.1, 0.15) is 24.0 Å². The number of nitrogens with zero attached hydrogens (tertiary/aromatic N) is 1. The molecule has 2 rings (SSSR count). The van der Waals surface area contributed by atoms with Gasteiger partial charge in [0, 0.05) is 19.6 Å². The van der Waals surface area contributed by atoms with Gasteiger partial charge in [-0.15, -0.1) is 0 Å². The Bertz CT molecular complexity index is 452. The molecule has 0 spiro atoms. The predicted octanol–water partition coefficient (Wildman–Crippen LogP) is 1.89. The second-order valence-corrected chi connectivity index (χ2v) is 5.33. The standard InChI is InChI=1S/C16H24N2O2/c1-13-4-5-15(12-14(13)2)20-11-6-16(19)18-9-3-7-17-8-10-18/h4-5,12,17H,3,6-11H2,1-2H3. The normalized spacial score (nSPS) is 15.8. The number of ether oxygens (including phenoxy) is 1. The smallest absolute Gasteiger partial charge is 0.226 e. The third kappa shape index (κ3) is 4.23. The van der Waals surface area contributed by atoms with E-state index in [9.17, 15) is 4.79 Å². The number of carbonyl (C=O) groups is 1. The Balaban J connectivity index is 1.76. The molecule has 1 aromatic carbocycles. The molecule has 0 bridgehead atoms. The maximum absolute atomic E-state index is 12.1. The lowest BCUT2D eigenvalue weighted by molar-refractivity contribution is -0.131. The number of rotatable bonds is 4. The number of aryl methyl sites for hydroxylation is 2. The van der Waals surface area contributed by atoms with Gasteiger partial charge < -0.3 is 15.0 Å². The first-order valence-electron chi connectivity index (χ1n) is 7.35.